The summed E-state index contributed by atoms with van der Waals surface area (Å²) in [6, 6.07) is 32.6. The van der Waals surface area contributed by atoms with Crippen molar-refractivity contribution in [1.29, 1.82) is 0 Å². The molecule has 1 saturated heterocycles. The SMILES string of the molecule is O=C(O)CCCCCCC(=O)NCc1cccc(-c2ccc(C3OC(CSc4nc5ccccc5s4)CC(c4ccc(CO)cc4)O3)cc2)c1. The lowest BCUT2D eigenvalue weighted by Gasteiger charge is -2.36. The van der Waals surface area contributed by atoms with Crippen LogP contribution in [-0.4, -0.2) is 38.9 Å². The van der Waals surface area contributed by atoms with Gasteiger partial charge in [-0.25, -0.2) is 4.98 Å². The Morgan fingerprint density at radius 1 is 0.820 bits per heavy atom. The van der Waals surface area contributed by atoms with Crippen molar-refractivity contribution < 1.29 is 29.3 Å². The number of benzene rings is 4. The van der Waals surface area contributed by atoms with Gasteiger partial charge in [-0.05, 0) is 58.9 Å². The molecule has 0 bridgehead atoms. The number of nitrogens with zero attached hydrogens (tertiary/aromatic N) is 1. The number of aliphatic hydroxyl groups excluding tert-OH is 1. The van der Waals surface area contributed by atoms with Gasteiger partial charge in [0.15, 0.2) is 10.6 Å². The van der Waals surface area contributed by atoms with Crippen LogP contribution in [0.3, 0.4) is 0 Å². The number of ether oxygens (including phenoxy) is 2. The summed E-state index contributed by atoms with van der Waals surface area (Å²) in [6.07, 6.45) is 3.65. The van der Waals surface area contributed by atoms with Gasteiger partial charge in [0.25, 0.3) is 0 Å². The molecule has 2 heterocycles. The standard InChI is InChI=1S/C40H42N2O6S2/c43-25-27-14-16-30(17-15-27)35-23-33(26-49-40-42-34-10-5-6-11-36(34)50-40)47-39(48-35)31-20-18-29(19-21-31)32-9-7-8-28(22-32)24-41-37(44)12-3-1-2-4-13-38(45)46/h5-11,14-22,33,35,39,43H,1-4,12-13,23-26H2,(H,41,44)(H,45,46). The number of para-hydroxylation sites is 1. The molecule has 5 aromatic rings. The van der Waals surface area contributed by atoms with Crippen LogP contribution in [0.25, 0.3) is 21.3 Å². The highest BCUT2D eigenvalue weighted by Crippen LogP contribution is 2.40. The molecule has 0 spiro atoms. The minimum Gasteiger partial charge on any atom is -0.481 e. The molecule has 1 amide bonds. The maximum atomic E-state index is 12.4. The van der Waals surface area contributed by atoms with Gasteiger partial charge < -0.3 is 25.0 Å². The third kappa shape index (κ3) is 10.0. The number of fused-ring (bicyclic) bond motifs is 1. The lowest BCUT2D eigenvalue weighted by Crippen LogP contribution is -2.31. The molecule has 50 heavy (non-hydrogen) atoms. The van der Waals surface area contributed by atoms with Crippen molar-refractivity contribution in [2.75, 3.05) is 5.75 Å². The first-order valence-corrected chi connectivity index (χ1v) is 18.9. The molecule has 0 aliphatic carbocycles. The average Bonchev–Trinajstić information content (AvgIpc) is 3.58. The van der Waals surface area contributed by atoms with Gasteiger partial charge in [0.05, 0.1) is 29.0 Å². The Morgan fingerprint density at radius 3 is 2.34 bits per heavy atom. The van der Waals surface area contributed by atoms with Gasteiger partial charge in [-0.15, -0.1) is 11.3 Å². The molecular formula is C40H42N2O6S2. The number of carboxylic acid groups (broad SMARTS) is 1. The van der Waals surface area contributed by atoms with Crippen LogP contribution in [-0.2, 0) is 32.2 Å². The Bertz CT molecular complexity index is 1830. The van der Waals surface area contributed by atoms with E-state index in [9.17, 15) is 14.7 Å². The fourth-order valence-electron chi connectivity index (χ4n) is 6.00. The first-order chi connectivity index (χ1) is 24.4. The normalized spacial score (nSPS) is 17.5. The molecule has 3 atom stereocenters. The minimum absolute atomic E-state index is 0.00167. The van der Waals surface area contributed by atoms with Crippen LogP contribution in [0, 0.1) is 0 Å². The van der Waals surface area contributed by atoms with E-state index in [-0.39, 0.29) is 31.1 Å². The third-order valence-corrected chi connectivity index (χ3v) is 11.1. The van der Waals surface area contributed by atoms with E-state index in [0.29, 0.717) is 25.8 Å². The number of carboxylic acids is 1. The number of hydrogen-bond donors (Lipinski definition) is 3. The van der Waals surface area contributed by atoms with E-state index in [1.165, 1.54) is 4.70 Å². The zero-order chi connectivity index (χ0) is 34.7. The molecule has 0 radical (unpaired) electrons. The van der Waals surface area contributed by atoms with E-state index in [2.05, 4.69) is 47.8 Å². The lowest BCUT2D eigenvalue weighted by molar-refractivity contribution is -0.245. The minimum atomic E-state index is -0.773. The quantitative estimate of drug-likeness (QED) is 0.0687. The fourth-order valence-corrected chi connectivity index (χ4v) is 8.11. The largest absolute Gasteiger partial charge is 0.481 e. The highest BCUT2D eigenvalue weighted by molar-refractivity contribution is 8.01. The Kier molecular flexibility index (Phi) is 12.7. The van der Waals surface area contributed by atoms with E-state index < -0.39 is 12.3 Å². The van der Waals surface area contributed by atoms with Gasteiger partial charge >= 0.3 is 5.97 Å². The molecule has 6 rings (SSSR count). The maximum absolute atomic E-state index is 12.4. The van der Waals surface area contributed by atoms with E-state index >= 15 is 0 Å². The predicted octanol–water partition coefficient (Wildman–Crippen LogP) is 8.83. The number of carbonyl (C=O) groups is 2. The summed E-state index contributed by atoms with van der Waals surface area (Å²) in [5.41, 5.74) is 7.00. The van der Waals surface area contributed by atoms with Crippen LogP contribution in [0.1, 0.15) is 79.6 Å². The number of unbranched alkanes of at least 4 members (excludes halogenated alkanes) is 3. The topological polar surface area (TPSA) is 118 Å². The highest BCUT2D eigenvalue weighted by atomic mass is 32.2. The van der Waals surface area contributed by atoms with E-state index in [1.54, 1.807) is 23.1 Å². The molecule has 1 aliphatic heterocycles. The smallest absolute Gasteiger partial charge is 0.303 e. The summed E-state index contributed by atoms with van der Waals surface area (Å²) >= 11 is 3.42. The molecule has 3 unspecified atom stereocenters. The number of rotatable bonds is 16. The molecule has 0 saturated carbocycles. The van der Waals surface area contributed by atoms with Crippen molar-refractivity contribution >= 4 is 45.2 Å². The van der Waals surface area contributed by atoms with Gasteiger partial charge in [-0.2, -0.15) is 0 Å². The monoisotopic (exact) mass is 710 g/mol. The molecule has 4 aromatic carbocycles. The Hall–Kier alpha value is -4.06. The number of aliphatic carboxylic acids is 1. The first-order valence-electron chi connectivity index (χ1n) is 17.1. The maximum Gasteiger partial charge on any atom is 0.303 e. The zero-order valence-corrected chi connectivity index (χ0v) is 29.5. The molecule has 1 aliphatic rings. The second-order valence-electron chi connectivity index (χ2n) is 12.5. The summed E-state index contributed by atoms with van der Waals surface area (Å²) in [5, 5.41) is 21.3. The van der Waals surface area contributed by atoms with Gasteiger partial charge in [0.2, 0.25) is 5.91 Å². The van der Waals surface area contributed by atoms with Gasteiger partial charge in [0.1, 0.15) is 0 Å². The van der Waals surface area contributed by atoms with Gasteiger partial charge in [-0.1, -0.05) is 103 Å². The number of thiazole rings is 1. The van der Waals surface area contributed by atoms with Crippen molar-refractivity contribution in [3.63, 3.8) is 0 Å². The van der Waals surface area contributed by atoms with Gasteiger partial charge in [-0.3, -0.25) is 9.59 Å². The third-order valence-electron chi connectivity index (χ3n) is 8.76. The number of thioether (sulfide) groups is 1. The van der Waals surface area contributed by atoms with Crippen LogP contribution >= 0.6 is 23.1 Å². The van der Waals surface area contributed by atoms with Crippen LogP contribution in [0.4, 0.5) is 0 Å². The molecule has 260 valence electrons. The summed E-state index contributed by atoms with van der Waals surface area (Å²) in [5.74, 6) is -0.0197. The molecule has 1 aromatic heterocycles. The molecule has 1 fully saturated rings. The summed E-state index contributed by atoms with van der Waals surface area (Å²) in [7, 11) is 0. The summed E-state index contributed by atoms with van der Waals surface area (Å²) < 4.78 is 15.3. The zero-order valence-electron chi connectivity index (χ0n) is 27.8. The predicted molar refractivity (Wildman–Crippen MR) is 198 cm³/mol. The average molecular weight is 711 g/mol. The summed E-state index contributed by atoms with van der Waals surface area (Å²) in [4.78, 5) is 27.8. The van der Waals surface area contributed by atoms with E-state index in [0.717, 1.165) is 68.3 Å². The summed E-state index contributed by atoms with van der Waals surface area (Å²) in [6.45, 7) is 0.451. The van der Waals surface area contributed by atoms with Crippen LogP contribution in [0.5, 0.6) is 0 Å². The van der Waals surface area contributed by atoms with Crippen LogP contribution < -0.4 is 5.32 Å². The number of hydrogen-bond acceptors (Lipinski definition) is 8. The molecule has 3 N–H and O–H groups in total. The Balaban J connectivity index is 1.08. The second-order valence-corrected chi connectivity index (χ2v) is 14.8. The molecule has 8 nitrogen and oxygen atoms in total. The van der Waals surface area contributed by atoms with Crippen molar-refractivity contribution in [2.45, 2.75) is 80.9 Å². The number of aromatic nitrogens is 1. The fraction of sp³-hybridized carbons (Fsp3) is 0.325. The molecule has 10 heteroatoms. The Morgan fingerprint density at radius 2 is 1.58 bits per heavy atom. The van der Waals surface area contributed by atoms with Crippen LogP contribution in [0.15, 0.2) is 101 Å². The van der Waals surface area contributed by atoms with Crippen molar-refractivity contribution in [1.82, 2.24) is 10.3 Å². The number of carbonyl (C=O) groups excluding carboxylic acids is 1. The van der Waals surface area contributed by atoms with E-state index in [1.807, 2.05) is 54.6 Å². The van der Waals surface area contributed by atoms with Crippen molar-refractivity contribution in [3.8, 4) is 11.1 Å². The van der Waals surface area contributed by atoms with Crippen molar-refractivity contribution in [3.05, 3.63) is 119 Å². The van der Waals surface area contributed by atoms with Crippen molar-refractivity contribution in [2.24, 2.45) is 0 Å². The van der Waals surface area contributed by atoms with Crippen LogP contribution in [0.2, 0.25) is 0 Å². The number of nitrogens with one attached hydrogen (secondary N) is 1. The first kappa shape index (κ1) is 35.8. The highest BCUT2D eigenvalue weighted by Gasteiger charge is 2.32. The Labute approximate surface area is 300 Å². The second kappa shape index (κ2) is 17.7. The van der Waals surface area contributed by atoms with Gasteiger partial charge in [0, 0.05) is 37.1 Å². The lowest BCUT2D eigenvalue weighted by atomic mass is 9.99. The van der Waals surface area contributed by atoms with E-state index in [4.69, 9.17) is 19.6 Å². The number of aliphatic hydroxyl groups is 1. The molecular weight excluding hydrogens is 669 g/mol. The number of amides is 1.